The quantitative estimate of drug-likeness (QED) is 0.808. The zero-order valence-electron chi connectivity index (χ0n) is 13.6. The Kier molecular flexibility index (Phi) is 5.14. The average molecular weight is 339 g/mol. The standard InChI is InChI=1S/C19H19ClN4/c1-2-19-22-14-23(24(19)18-10-8-17(20)9-11-18)13-16(12-21)15-6-4-3-5-7-15/h3-11,16H,2,13-14H2,1H3. The minimum atomic E-state index is -0.201. The minimum Gasteiger partial charge on any atom is -0.259 e. The van der Waals surface area contributed by atoms with Crippen molar-refractivity contribution in [3.05, 3.63) is 65.2 Å². The molecule has 122 valence electrons. The number of nitrogens with zero attached hydrogens (tertiary/aromatic N) is 4. The van der Waals surface area contributed by atoms with Crippen molar-refractivity contribution in [2.75, 3.05) is 18.2 Å². The Bertz CT molecular complexity index is 749. The van der Waals surface area contributed by atoms with Crippen molar-refractivity contribution in [3.63, 3.8) is 0 Å². The van der Waals surface area contributed by atoms with Gasteiger partial charge in [-0.2, -0.15) is 10.3 Å². The van der Waals surface area contributed by atoms with Crippen LogP contribution in [0.2, 0.25) is 5.02 Å². The Morgan fingerprint density at radius 3 is 2.50 bits per heavy atom. The third kappa shape index (κ3) is 3.43. The summed E-state index contributed by atoms with van der Waals surface area (Å²) >= 11 is 6.01. The van der Waals surface area contributed by atoms with Crippen molar-refractivity contribution in [1.82, 2.24) is 5.01 Å². The Morgan fingerprint density at radius 2 is 1.88 bits per heavy atom. The summed E-state index contributed by atoms with van der Waals surface area (Å²) in [6.07, 6.45) is 0.835. The Balaban J connectivity index is 1.84. The summed E-state index contributed by atoms with van der Waals surface area (Å²) in [5.74, 6) is 0.800. The van der Waals surface area contributed by atoms with Crippen molar-refractivity contribution >= 4 is 23.1 Å². The van der Waals surface area contributed by atoms with E-state index >= 15 is 0 Å². The highest BCUT2D eigenvalue weighted by Crippen LogP contribution is 2.26. The molecule has 0 fully saturated rings. The predicted molar refractivity (Wildman–Crippen MR) is 98.0 cm³/mol. The molecule has 0 amide bonds. The van der Waals surface area contributed by atoms with Crippen LogP contribution in [0.15, 0.2) is 59.6 Å². The number of aliphatic imine (C=N–C) groups is 1. The van der Waals surface area contributed by atoms with Gasteiger partial charge in [-0.1, -0.05) is 48.9 Å². The fourth-order valence-electron chi connectivity index (χ4n) is 2.87. The Labute approximate surface area is 147 Å². The molecule has 1 aliphatic rings. The molecule has 0 saturated heterocycles. The zero-order chi connectivity index (χ0) is 16.9. The molecule has 24 heavy (non-hydrogen) atoms. The van der Waals surface area contributed by atoms with E-state index in [1.807, 2.05) is 54.6 Å². The number of nitriles is 1. The van der Waals surface area contributed by atoms with Gasteiger partial charge in [0.25, 0.3) is 0 Å². The lowest BCUT2D eigenvalue weighted by atomic mass is 10.0. The smallest absolute Gasteiger partial charge is 0.120 e. The monoisotopic (exact) mass is 338 g/mol. The number of benzene rings is 2. The topological polar surface area (TPSA) is 42.6 Å². The fourth-order valence-corrected chi connectivity index (χ4v) is 3.00. The molecule has 0 N–H and O–H groups in total. The molecule has 1 heterocycles. The van der Waals surface area contributed by atoms with Gasteiger partial charge < -0.3 is 0 Å². The van der Waals surface area contributed by atoms with E-state index < -0.39 is 0 Å². The molecular weight excluding hydrogens is 320 g/mol. The zero-order valence-corrected chi connectivity index (χ0v) is 14.3. The fraction of sp³-hybridized carbons (Fsp3) is 0.263. The lowest BCUT2D eigenvalue weighted by Gasteiger charge is -2.31. The number of rotatable bonds is 5. The summed E-state index contributed by atoms with van der Waals surface area (Å²) in [5.41, 5.74) is 2.04. The van der Waals surface area contributed by atoms with Crippen molar-refractivity contribution in [1.29, 1.82) is 5.26 Å². The maximum atomic E-state index is 9.61. The maximum Gasteiger partial charge on any atom is 0.120 e. The van der Waals surface area contributed by atoms with Crippen LogP contribution < -0.4 is 5.01 Å². The van der Waals surface area contributed by atoms with Crippen LogP contribution in [-0.2, 0) is 0 Å². The molecule has 4 nitrogen and oxygen atoms in total. The van der Waals surface area contributed by atoms with Crippen LogP contribution in [0.4, 0.5) is 5.69 Å². The van der Waals surface area contributed by atoms with Crippen molar-refractivity contribution in [2.45, 2.75) is 19.3 Å². The Hall–Kier alpha value is -2.35. The minimum absolute atomic E-state index is 0.201. The first-order chi connectivity index (χ1) is 11.7. The van der Waals surface area contributed by atoms with Gasteiger partial charge in [0.05, 0.1) is 17.7 Å². The van der Waals surface area contributed by atoms with E-state index in [9.17, 15) is 5.26 Å². The largest absolute Gasteiger partial charge is 0.259 e. The number of amidine groups is 1. The first-order valence-corrected chi connectivity index (χ1v) is 8.39. The second kappa shape index (κ2) is 7.48. The first kappa shape index (κ1) is 16.5. The highest BCUT2D eigenvalue weighted by molar-refractivity contribution is 6.30. The van der Waals surface area contributed by atoms with Crippen molar-refractivity contribution < 1.29 is 0 Å². The van der Waals surface area contributed by atoms with E-state index in [0.29, 0.717) is 18.2 Å². The molecule has 2 aromatic carbocycles. The van der Waals surface area contributed by atoms with E-state index in [0.717, 1.165) is 23.5 Å². The van der Waals surface area contributed by atoms with Gasteiger partial charge >= 0.3 is 0 Å². The van der Waals surface area contributed by atoms with Crippen LogP contribution in [0.5, 0.6) is 0 Å². The molecule has 0 aliphatic carbocycles. The van der Waals surface area contributed by atoms with Gasteiger partial charge in [0.1, 0.15) is 12.5 Å². The van der Waals surface area contributed by atoms with Crippen LogP contribution in [0.3, 0.4) is 0 Å². The van der Waals surface area contributed by atoms with Crippen molar-refractivity contribution in [3.8, 4) is 6.07 Å². The van der Waals surface area contributed by atoms with Crippen LogP contribution in [0, 0.1) is 11.3 Å². The molecule has 0 bridgehead atoms. The van der Waals surface area contributed by atoms with Gasteiger partial charge in [-0.05, 0) is 29.8 Å². The third-order valence-electron chi connectivity index (χ3n) is 4.08. The van der Waals surface area contributed by atoms with Crippen LogP contribution in [-0.4, -0.2) is 24.1 Å². The van der Waals surface area contributed by atoms with E-state index in [1.165, 1.54) is 0 Å². The van der Waals surface area contributed by atoms with Gasteiger partial charge in [0.15, 0.2) is 0 Å². The number of anilines is 1. The highest BCUT2D eigenvalue weighted by atomic mass is 35.5. The van der Waals surface area contributed by atoms with Crippen LogP contribution in [0.25, 0.3) is 0 Å². The number of halogens is 1. The lowest BCUT2D eigenvalue weighted by Crippen LogP contribution is -2.43. The molecule has 2 aromatic rings. The lowest BCUT2D eigenvalue weighted by molar-refractivity contribution is 0.308. The van der Waals surface area contributed by atoms with Crippen molar-refractivity contribution in [2.24, 2.45) is 4.99 Å². The van der Waals surface area contributed by atoms with E-state index in [-0.39, 0.29) is 5.92 Å². The first-order valence-electron chi connectivity index (χ1n) is 8.01. The Morgan fingerprint density at radius 1 is 1.17 bits per heavy atom. The summed E-state index contributed by atoms with van der Waals surface area (Å²) in [5, 5.41) is 14.5. The molecule has 1 aliphatic heterocycles. The molecular formula is C19H19ClN4. The summed E-state index contributed by atoms with van der Waals surface area (Å²) in [6, 6.07) is 20.0. The van der Waals surface area contributed by atoms with Gasteiger partial charge in [0, 0.05) is 18.0 Å². The molecule has 0 radical (unpaired) electrons. The van der Waals surface area contributed by atoms with Gasteiger partial charge in [-0.3, -0.25) is 10.0 Å². The van der Waals surface area contributed by atoms with Gasteiger partial charge in [-0.15, -0.1) is 0 Å². The molecule has 1 unspecified atom stereocenters. The second-order valence-corrected chi connectivity index (χ2v) is 6.08. The predicted octanol–water partition coefficient (Wildman–Crippen LogP) is 4.45. The number of hydrogen-bond acceptors (Lipinski definition) is 4. The van der Waals surface area contributed by atoms with Crippen LogP contribution in [0.1, 0.15) is 24.8 Å². The molecule has 0 saturated carbocycles. The summed E-state index contributed by atoms with van der Waals surface area (Å²) < 4.78 is 0. The molecule has 0 aromatic heterocycles. The number of hydrogen-bond donors (Lipinski definition) is 0. The van der Waals surface area contributed by atoms with Gasteiger partial charge in [0.2, 0.25) is 0 Å². The highest BCUT2D eigenvalue weighted by Gasteiger charge is 2.28. The van der Waals surface area contributed by atoms with E-state index in [4.69, 9.17) is 11.6 Å². The molecule has 5 heteroatoms. The second-order valence-electron chi connectivity index (χ2n) is 5.64. The normalized spacial score (nSPS) is 15.9. The molecule has 1 atom stereocenters. The van der Waals surface area contributed by atoms with E-state index in [1.54, 1.807) is 0 Å². The summed E-state index contributed by atoms with van der Waals surface area (Å²) in [7, 11) is 0. The third-order valence-corrected chi connectivity index (χ3v) is 4.33. The average Bonchev–Trinajstić information content (AvgIpc) is 3.03. The van der Waals surface area contributed by atoms with Crippen LogP contribution >= 0.6 is 11.6 Å². The molecule has 3 rings (SSSR count). The SMILES string of the molecule is CCC1=NCN(CC(C#N)c2ccccc2)N1c1ccc(Cl)cc1. The summed E-state index contributed by atoms with van der Waals surface area (Å²) in [6.45, 7) is 3.25. The maximum absolute atomic E-state index is 9.61. The van der Waals surface area contributed by atoms with Gasteiger partial charge in [-0.25, -0.2) is 0 Å². The number of hydrazine groups is 1. The summed E-state index contributed by atoms with van der Waals surface area (Å²) in [4.78, 5) is 4.62. The molecule has 0 spiro atoms. The van der Waals surface area contributed by atoms with E-state index in [2.05, 4.69) is 28.0 Å².